The van der Waals surface area contributed by atoms with Gasteiger partial charge in [0.05, 0.1) is 17.1 Å². The third kappa shape index (κ3) is 3.07. The van der Waals surface area contributed by atoms with Gasteiger partial charge in [-0.15, -0.1) is 0 Å². The summed E-state index contributed by atoms with van der Waals surface area (Å²) >= 11 is 0. The van der Waals surface area contributed by atoms with Crippen LogP contribution in [-0.2, 0) is 15.6 Å². The summed E-state index contributed by atoms with van der Waals surface area (Å²) in [7, 11) is -3.24. The van der Waals surface area contributed by atoms with E-state index in [0.717, 1.165) is 18.4 Å². The largest absolute Gasteiger partial charge is 0.392 e. The average molecular weight is 254 g/mol. The van der Waals surface area contributed by atoms with Gasteiger partial charge in [-0.1, -0.05) is 43.2 Å². The maximum absolute atomic E-state index is 12.2. The van der Waals surface area contributed by atoms with Gasteiger partial charge in [-0.2, -0.15) is 0 Å². The molecule has 0 heterocycles. The highest BCUT2D eigenvalue weighted by Gasteiger charge is 2.34. The van der Waals surface area contributed by atoms with E-state index in [1.807, 2.05) is 30.3 Å². The number of aliphatic hydroxyl groups excluding tert-OH is 1. The predicted molar refractivity (Wildman–Crippen MR) is 67.3 cm³/mol. The molecule has 17 heavy (non-hydrogen) atoms. The van der Waals surface area contributed by atoms with Crippen LogP contribution in [0.25, 0.3) is 0 Å². The van der Waals surface area contributed by atoms with Crippen LogP contribution < -0.4 is 0 Å². The van der Waals surface area contributed by atoms with E-state index in [2.05, 4.69) is 0 Å². The van der Waals surface area contributed by atoms with Crippen LogP contribution in [0.3, 0.4) is 0 Å². The van der Waals surface area contributed by atoms with Crippen molar-refractivity contribution < 1.29 is 13.5 Å². The molecule has 2 atom stereocenters. The predicted octanol–water partition coefficient (Wildman–Crippen LogP) is 1.90. The third-order valence-corrected chi connectivity index (χ3v) is 5.55. The third-order valence-electron chi connectivity index (χ3n) is 3.34. The van der Waals surface area contributed by atoms with Gasteiger partial charge < -0.3 is 5.11 Å². The molecule has 0 aliphatic heterocycles. The fourth-order valence-corrected chi connectivity index (χ4v) is 4.42. The van der Waals surface area contributed by atoms with Crippen molar-refractivity contribution >= 4 is 9.84 Å². The molecule has 94 valence electrons. The first-order chi connectivity index (χ1) is 8.09. The molecule has 1 aliphatic rings. The molecule has 2 rings (SSSR count). The van der Waals surface area contributed by atoms with Crippen LogP contribution >= 0.6 is 0 Å². The van der Waals surface area contributed by atoms with Crippen molar-refractivity contribution in [2.75, 3.05) is 0 Å². The minimum absolute atomic E-state index is 0.0373. The highest BCUT2D eigenvalue weighted by Crippen LogP contribution is 2.26. The Hall–Kier alpha value is -0.870. The van der Waals surface area contributed by atoms with Gasteiger partial charge in [-0.3, -0.25) is 0 Å². The summed E-state index contributed by atoms with van der Waals surface area (Å²) < 4.78 is 24.4. The van der Waals surface area contributed by atoms with Crippen molar-refractivity contribution in [2.24, 2.45) is 0 Å². The first-order valence-corrected chi connectivity index (χ1v) is 7.75. The Balaban J connectivity index is 2.13. The van der Waals surface area contributed by atoms with Gasteiger partial charge in [0.15, 0.2) is 9.84 Å². The van der Waals surface area contributed by atoms with Crippen LogP contribution in [0.1, 0.15) is 31.2 Å². The molecule has 1 saturated carbocycles. The Morgan fingerprint density at radius 1 is 1.12 bits per heavy atom. The van der Waals surface area contributed by atoms with Gasteiger partial charge in [-0.25, -0.2) is 8.42 Å². The van der Waals surface area contributed by atoms with Crippen molar-refractivity contribution in [3.8, 4) is 0 Å². The highest BCUT2D eigenvalue weighted by atomic mass is 32.2. The van der Waals surface area contributed by atoms with E-state index >= 15 is 0 Å². The summed E-state index contributed by atoms with van der Waals surface area (Å²) in [6, 6.07) is 9.16. The molecule has 3 nitrogen and oxygen atoms in total. The van der Waals surface area contributed by atoms with Crippen LogP contribution in [0.15, 0.2) is 30.3 Å². The highest BCUT2D eigenvalue weighted by molar-refractivity contribution is 7.91. The second-order valence-electron chi connectivity index (χ2n) is 4.68. The normalized spacial score (nSPS) is 25.7. The molecule has 1 N–H and O–H groups in total. The summed E-state index contributed by atoms with van der Waals surface area (Å²) in [6.07, 6.45) is 2.35. The summed E-state index contributed by atoms with van der Waals surface area (Å²) in [4.78, 5) is 0. The van der Waals surface area contributed by atoms with Crippen molar-refractivity contribution in [1.29, 1.82) is 0 Å². The lowest BCUT2D eigenvalue weighted by Crippen LogP contribution is -2.37. The van der Waals surface area contributed by atoms with E-state index in [9.17, 15) is 13.5 Å². The molecule has 0 radical (unpaired) electrons. The zero-order valence-corrected chi connectivity index (χ0v) is 10.6. The quantitative estimate of drug-likeness (QED) is 0.896. The lowest BCUT2D eigenvalue weighted by atomic mass is 9.97. The maximum Gasteiger partial charge on any atom is 0.159 e. The zero-order valence-electron chi connectivity index (χ0n) is 9.75. The molecular weight excluding hydrogens is 236 g/mol. The monoisotopic (exact) mass is 254 g/mol. The van der Waals surface area contributed by atoms with Gasteiger partial charge in [0.25, 0.3) is 0 Å². The minimum Gasteiger partial charge on any atom is -0.392 e. The Labute approximate surface area is 102 Å². The Morgan fingerprint density at radius 2 is 1.76 bits per heavy atom. The fourth-order valence-electron chi connectivity index (χ4n) is 2.41. The standard InChI is InChI=1S/C13H18O3S/c14-12-8-4-5-9-13(12)17(15,16)10-11-6-2-1-3-7-11/h1-3,6-7,12-14H,4-5,8-10H2/t12-,13-/m1/s1. The van der Waals surface area contributed by atoms with E-state index < -0.39 is 21.2 Å². The molecule has 1 aromatic rings. The molecular formula is C13H18O3S. The second-order valence-corrected chi connectivity index (χ2v) is 6.90. The second kappa shape index (κ2) is 5.19. The van der Waals surface area contributed by atoms with Crippen LogP contribution in [0.5, 0.6) is 0 Å². The van der Waals surface area contributed by atoms with Gasteiger partial charge in [-0.05, 0) is 18.4 Å². The van der Waals surface area contributed by atoms with E-state index in [0.29, 0.717) is 12.8 Å². The van der Waals surface area contributed by atoms with Crippen molar-refractivity contribution in [3.05, 3.63) is 35.9 Å². The molecule has 0 aromatic heterocycles. The average Bonchev–Trinajstić information content (AvgIpc) is 2.30. The van der Waals surface area contributed by atoms with Crippen molar-refractivity contribution in [3.63, 3.8) is 0 Å². The summed E-state index contributed by atoms with van der Waals surface area (Å²) in [5.41, 5.74) is 0.797. The first-order valence-electron chi connectivity index (χ1n) is 6.03. The number of hydrogen-bond acceptors (Lipinski definition) is 3. The van der Waals surface area contributed by atoms with Crippen molar-refractivity contribution in [1.82, 2.24) is 0 Å². The molecule has 1 aromatic carbocycles. The maximum atomic E-state index is 12.2. The van der Waals surface area contributed by atoms with Crippen LogP contribution in [-0.4, -0.2) is 24.9 Å². The number of benzene rings is 1. The SMILES string of the molecule is O=S(=O)(Cc1ccccc1)[C@@H]1CCCC[C@H]1O. The van der Waals surface area contributed by atoms with E-state index in [1.165, 1.54) is 0 Å². The van der Waals surface area contributed by atoms with Crippen LogP contribution in [0.2, 0.25) is 0 Å². The van der Waals surface area contributed by atoms with Crippen molar-refractivity contribution in [2.45, 2.75) is 42.8 Å². The van der Waals surface area contributed by atoms with E-state index in [-0.39, 0.29) is 5.75 Å². The smallest absolute Gasteiger partial charge is 0.159 e. The number of aliphatic hydroxyl groups is 1. The molecule has 0 amide bonds. The van der Waals surface area contributed by atoms with Crippen LogP contribution in [0.4, 0.5) is 0 Å². The molecule has 0 bridgehead atoms. The van der Waals surface area contributed by atoms with Crippen LogP contribution in [0, 0.1) is 0 Å². The number of sulfone groups is 1. The van der Waals surface area contributed by atoms with Gasteiger partial charge in [0.1, 0.15) is 0 Å². The molecule has 1 aliphatic carbocycles. The molecule has 4 heteroatoms. The number of rotatable bonds is 3. The first kappa shape index (κ1) is 12.6. The fraction of sp³-hybridized carbons (Fsp3) is 0.538. The van der Waals surface area contributed by atoms with Gasteiger partial charge >= 0.3 is 0 Å². The van der Waals surface area contributed by atoms with E-state index in [1.54, 1.807) is 0 Å². The molecule has 0 spiro atoms. The lowest BCUT2D eigenvalue weighted by molar-refractivity contribution is 0.133. The topological polar surface area (TPSA) is 54.4 Å². The summed E-state index contributed by atoms with van der Waals surface area (Å²) in [5, 5.41) is 9.23. The minimum atomic E-state index is -3.24. The lowest BCUT2D eigenvalue weighted by Gasteiger charge is -2.27. The summed E-state index contributed by atoms with van der Waals surface area (Å²) in [6.45, 7) is 0. The summed E-state index contributed by atoms with van der Waals surface area (Å²) in [5.74, 6) is 0.0373. The van der Waals surface area contributed by atoms with Gasteiger partial charge in [0, 0.05) is 0 Å². The molecule has 1 fully saturated rings. The number of hydrogen-bond donors (Lipinski definition) is 1. The Morgan fingerprint density at radius 3 is 2.41 bits per heavy atom. The molecule has 0 saturated heterocycles. The zero-order chi connectivity index (χ0) is 12.3. The molecule has 0 unspecified atom stereocenters. The Bertz CT molecular complexity index is 453. The van der Waals surface area contributed by atoms with E-state index in [4.69, 9.17) is 0 Å². The van der Waals surface area contributed by atoms with Gasteiger partial charge in [0.2, 0.25) is 0 Å². The Kier molecular flexibility index (Phi) is 3.84.